The average molecular weight is 256 g/mol. The molecule has 3 heteroatoms. The van der Waals surface area contributed by atoms with E-state index in [9.17, 15) is 5.11 Å². The Balaban J connectivity index is 1.82. The highest BCUT2D eigenvalue weighted by Crippen LogP contribution is 2.38. The van der Waals surface area contributed by atoms with Gasteiger partial charge >= 0.3 is 0 Å². The van der Waals surface area contributed by atoms with Crippen molar-refractivity contribution in [3.8, 4) is 0 Å². The molecule has 0 aliphatic carbocycles. The van der Waals surface area contributed by atoms with Gasteiger partial charge in [-0.05, 0) is 50.4 Å². The number of aliphatic hydroxyl groups excluding tert-OH is 1. The normalized spacial score (nSPS) is 29.7. The van der Waals surface area contributed by atoms with Gasteiger partial charge in [-0.3, -0.25) is 0 Å². The van der Waals surface area contributed by atoms with E-state index in [0.717, 1.165) is 58.3 Å². The maximum Gasteiger partial charge on any atom is 0.0729 e. The summed E-state index contributed by atoms with van der Waals surface area (Å²) < 4.78 is 11.5. The quantitative estimate of drug-likeness (QED) is 0.840. The Morgan fingerprint density at radius 2 is 1.94 bits per heavy atom. The van der Waals surface area contributed by atoms with Crippen LogP contribution in [-0.4, -0.2) is 36.6 Å². The molecule has 18 heavy (non-hydrogen) atoms. The highest BCUT2D eigenvalue weighted by atomic mass is 16.5. The van der Waals surface area contributed by atoms with E-state index in [1.807, 2.05) is 0 Å². The number of ether oxygens (including phenoxy) is 2. The minimum Gasteiger partial charge on any atom is -0.393 e. The molecular formula is C15H28O3. The molecule has 2 aliphatic rings. The second kappa shape index (κ2) is 6.36. The van der Waals surface area contributed by atoms with Crippen LogP contribution in [0.5, 0.6) is 0 Å². The van der Waals surface area contributed by atoms with E-state index >= 15 is 0 Å². The molecule has 0 aromatic rings. The van der Waals surface area contributed by atoms with Crippen LogP contribution in [0.3, 0.4) is 0 Å². The minimum absolute atomic E-state index is 0.0682. The number of hydrogen-bond acceptors (Lipinski definition) is 3. The third-order valence-corrected chi connectivity index (χ3v) is 4.35. The molecule has 0 saturated carbocycles. The van der Waals surface area contributed by atoms with E-state index in [0.29, 0.717) is 11.8 Å². The maximum atomic E-state index is 10.1. The van der Waals surface area contributed by atoms with Gasteiger partial charge in [0.05, 0.1) is 11.7 Å². The third-order valence-electron chi connectivity index (χ3n) is 4.35. The van der Waals surface area contributed by atoms with E-state index in [2.05, 4.69) is 13.8 Å². The van der Waals surface area contributed by atoms with E-state index in [4.69, 9.17) is 9.47 Å². The van der Waals surface area contributed by atoms with Crippen LogP contribution in [0.1, 0.15) is 52.4 Å². The third kappa shape index (κ3) is 3.94. The lowest BCUT2D eigenvalue weighted by molar-refractivity contribution is -0.150. The lowest BCUT2D eigenvalue weighted by atomic mass is 9.78. The Morgan fingerprint density at radius 3 is 2.61 bits per heavy atom. The topological polar surface area (TPSA) is 38.7 Å². The predicted octanol–water partition coefficient (Wildman–Crippen LogP) is 2.76. The van der Waals surface area contributed by atoms with Crippen LogP contribution in [0.15, 0.2) is 0 Å². The van der Waals surface area contributed by atoms with Crippen molar-refractivity contribution in [1.29, 1.82) is 0 Å². The van der Waals surface area contributed by atoms with Gasteiger partial charge in [-0.1, -0.05) is 13.8 Å². The molecule has 2 heterocycles. The summed E-state index contributed by atoms with van der Waals surface area (Å²) in [7, 11) is 0. The molecule has 2 atom stereocenters. The first-order chi connectivity index (χ1) is 8.60. The highest BCUT2D eigenvalue weighted by Gasteiger charge is 2.39. The fourth-order valence-corrected chi connectivity index (χ4v) is 3.45. The fraction of sp³-hybridized carbons (Fsp3) is 1.00. The molecular weight excluding hydrogens is 228 g/mol. The molecule has 1 N–H and O–H groups in total. The summed E-state index contributed by atoms with van der Waals surface area (Å²) in [6, 6.07) is 0. The van der Waals surface area contributed by atoms with Crippen LogP contribution in [0.2, 0.25) is 0 Å². The van der Waals surface area contributed by atoms with E-state index in [-0.39, 0.29) is 11.7 Å². The SMILES string of the molecule is CC(C)CC(O)CC1CCOC2(CCOCC2)C1. The summed E-state index contributed by atoms with van der Waals surface area (Å²) in [5, 5.41) is 10.1. The number of aliphatic hydroxyl groups is 1. The Hall–Kier alpha value is -0.120. The lowest BCUT2D eigenvalue weighted by Crippen LogP contribution is -2.44. The molecule has 0 aromatic heterocycles. The van der Waals surface area contributed by atoms with Crippen molar-refractivity contribution in [2.45, 2.75) is 64.1 Å². The second-order valence-electron chi connectivity index (χ2n) is 6.52. The molecule has 2 saturated heterocycles. The summed E-state index contributed by atoms with van der Waals surface area (Å²) in [6.07, 6.45) is 6.03. The van der Waals surface area contributed by atoms with Gasteiger partial charge < -0.3 is 14.6 Å². The highest BCUT2D eigenvalue weighted by molar-refractivity contribution is 4.89. The summed E-state index contributed by atoms with van der Waals surface area (Å²) >= 11 is 0. The zero-order valence-electron chi connectivity index (χ0n) is 11.9. The van der Waals surface area contributed by atoms with Crippen molar-refractivity contribution in [2.24, 2.45) is 11.8 Å². The van der Waals surface area contributed by atoms with Crippen molar-refractivity contribution >= 4 is 0 Å². The van der Waals surface area contributed by atoms with Crippen LogP contribution in [0, 0.1) is 11.8 Å². The molecule has 2 fully saturated rings. The molecule has 3 nitrogen and oxygen atoms in total. The first-order valence-corrected chi connectivity index (χ1v) is 7.49. The zero-order chi connectivity index (χ0) is 13.0. The second-order valence-corrected chi connectivity index (χ2v) is 6.52. The number of rotatable bonds is 4. The van der Waals surface area contributed by atoms with Gasteiger partial charge in [-0.25, -0.2) is 0 Å². The van der Waals surface area contributed by atoms with Crippen LogP contribution < -0.4 is 0 Å². The molecule has 2 unspecified atom stereocenters. The first kappa shape index (κ1) is 14.3. The minimum atomic E-state index is -0.134. The molecule has 0 aromatic carbocycles. The Kier molecular flexibility index (Phi) is 5.05. The van der Waals surface area contributed by atoms with Crippen LogP contribution >= 0.6 is 0 Å². The summed E-state index contributed by atoms with van der Waals surface area (Å²) in [5.74, 6) is 1.21. The zero-order valence-corrected chi connectivity index (χ0v) is 11.9. The van der Waals surface area contributed by atoms with Crippen LogP contribution in [0.4, 0.5) is 0 Å². The van der Waals surface area contributed by atoms with Gasteiger partial charge in [0, 0.05) is 19.8 Å². The molecule has 2 rings (SSSR count). The van der Waals surface area contributed by atoms with Gasteiger partial charge in [0.15, 0.2) is 0 Å². The fourth-order valence-electron chi connectivity index (χ4n) is 3.45. The van der Waals surface area contributed by atoms with Crippen molar-refractivity contribution < 1.29 is 14.6 Å². The molecule has 0 bridgehead atoms. The van der Waals surface area contributed by atoms with E-state index < -0.39 is 0 Å². The van der Waals surface area contributed by atoms with Gasteiger partial charge in [-0.15, -0.1) is 0 Å². The average Bonchev–Trinajstić information content (AvgIpc) is 2.28. The van der Waals surface area contributed by atoms with Gasteiger partial charge in [0.1, 0.15) is 0 Å². The smallest absolute Gasteiger partial charge is 0.0729 e. The van der Waals surface area contributed by atoms with Crippen LogP contribution in [0.25, 0.3) is 0 Å². The van der Waals surface area contributed by atoms with Crippen LogP contribution in [-0.2, 0) is 9.47 Å². The molecule has 1 spiro atoms. The van der Waals surface area contributed by atoms with Crippen molar-refractivity contribution in [2.75, 3.05) is 19.8 Å². The van der Waals surface area contributed by atoms with Gasteiger partial charge in [0.2, 0.25) is 0 Å². The van der Waals surface area contributed by atoms with Gasteiger partial charge in [0.25, 0.3) is 0 Å². The summed E-state index contributed by atoms with van der Waals surface area (Å²) in [5.41, 5.74) is 0.0682. The Morgan fingerprint density at radius 1 is 1.22 bits per heavy atom. The summed E-state index contributed by atoms with van der Waals surface area (Å²) in [6.45, 7) is 6.88. The van der Waals surface area contributed by atoms with E-state index in [1.54, 1.807) is 0 Å². The first-order valence-electron chi connectivity index (χ1n) is 7.49. The molecule has 0 radical (unpaired) electrons. The Labute approximate surface area is 111 Å². The number of hydrogen-bond donors (Lipinski definition) is 1. The molecule has 106 valence electrons. The standard InChI is InChI=1S/C15H28O3/c1-12(2)9-14(16)10-13-3-6-18-15(11-13)4-7-17-8-5-15/h12-14,16H,3-11H2,1-2H3. The Bertz CT molecular complexity index is 241. The largest absolute Gasteiger partial charge is 0.393 e. The maximum absolute atomic E-state index is 10.1. The predicted molar refractivity (Wildman–Crippen MR) is 71.5 cm³/mol. The monoisotopic (exact) mass is 256 g/mol. The molecule has 2 aliphatic heterocycles. The summed E-state index contributed by atoms with van der Waals surface area (Å²) in [4.78, 5) is 0. The molecule has 0 amide bonds. The van der Waals surface area contributed by atoms with Crippen molar-refractivity contribution in [3.63, 3.8) is 0 Å². The van der Waals surface area contributed by atoms with Crippen molar-refractivity contribution in [3.05, 3.63) is 0 Å². The lowest BCUT2D eigenvalue weighted by Gasteiger charge is -2.43. The van der Waals surface area contributed by atoms with Crippen molar-refractivity contribution in [1.82, 2.24) is 0 Å². The van der Waals surface area contributed by atoms with Gasteiger partial charge in [-0.2, -0.15) is 0 Å². The van der Waals surface area contributed by atoms with E-state index in [1.165, 1.54) is 0 Å².